The van der Waals surface area contributed by atoms with Gasteiger partial charge in [0, 0.05) is 11.4 Å². The average molecular weight is 379 g/mol. The highest BCUT2D eigenvalue weighted by molar-refractivity contribution is 6.36. The predicted molar refractivity (Wildman–Crippen MR) is 83.3 cm³/mol. The van der Waals surface area contributed by atoms with E-state index in [4.69, 9.17) is 28.9 Å². The van der Waals surface area contributed by atoms with Crippen LogP contribution in [-0.4, -0.2) is 21.9 Å². The zero-order chi connectivity index (χ0) is 17.6. The number of carbonyl (C=O) groups excluding carboxylic acids is 1. The minimum atomic E-state index is -4.56. The van der Waals surface area contributed by atoms with Crippen LogP contribution in [0, 0.1) is 0 Å². The summed E-state index contributed by atoms with van der Waals surface area (Å²) in [5.41, 5.74) is 5.33. The van der Waals surface area contributed by atoms with Crippen LogP contribution in [0.4, 0.5) is 19.0 Å². The van der Waals surface area contributed by atoms with Crippen LogP contribution in [-0.2, 0) is 0 Å². The Bertz CT molecular complexity index is 789. The van der Waals surface area contributed by atoms with Crippen molar-refractivity contribution >= 4 is 34.9 Å². The normalized spacial score (nSPS) is 20.4. The molecule has 2 heterocycles. The fraction of sp³-hybridized carbons (Fsp3) is 0.286. The van der Waals surface area contributed by atoms with Crippen LogP contribution in [0.25, 0.3) is 0 Å². The molecule has 0 saturated heterocycles. The Hall–Kier alpha value is -1.93. The van der Waals surface area contributed by atoms with Crippen LogP contribution < -0.4 is 11.1 Å². The number of carbonyl (C=O) groups is 1. The lowest BCUT2D eigenvalue weighted by Gasteiger charge is -2.33. The molecule has 2 aromatic rings. The largest absolute Gasteiger partial charge is 0.410 e. The van der Waals surface area contributed by atoms with Gasteiger partial charge >= 0.3 is 6.18 Å². The van der Waals surface area contributed by atoms with E-state index in [1.165, 1.54) is 0 Å². The van der Waals surface area contributed by atoms with E-state index in [1.54, 1.807) is 24.3 Å². The zero-order valence-corrected chi connectivity index (χ0v) is 13.5. The maximum Gasteiger partial charge on any atom is 0.410 e. The molecule has 3 N–H and O–H groups in total. The number of benzene rings is 1. The lowest BCUT2D eigenvalue weighted by molar-refractivity contribution is -0.173. The van der Waals surface area contributed by atoms with Gasteiger partial charge in [0.1, 0.15) is 10.8 Å². The third kappa shape index (κ3) is 2.91. The summed E-state index contributed by atoms with van der Waals surface area (Å²) >= 11 is 11.8. The van der Waals surface area contributed by atoms with E-state index in [0.717, 1.165) is 0 Å². The smallest absolute Gasteiger partial charge is 0.364 e. The van der Waals surface area contributed by atoms with E-state index in [9.17, 15) is 18.0 Å². The molecule has 0 spiro atoms. The van der Waals surface area contributed by atoms with Gasteiger partial charge in [-0.2, -0.15) is 18.3 Å². The number of hydrogen-bond acceptors (Lipinski definition) is 3. The van der Waals surface area contributed by atoms with Crippen molar-refractivity contribution in [3.8, 4) is 0 Å². The number of halogens is 5. The number of aromatic nitrogens is 2. The quantitative estimate of drug-likeness (QED) is 0.830. The van der Waals surface area contributed by atoms with Crippen LogP contribution in [0.5, 0.6) is 0 Å². The van der Waals surface area contributed by atoms with Gasteiger partial charge in [0.25, 0.3) is 5.91 Å². The second kappa shape index (κ2) is 5.86. The minimum absolute atomic E-state index is 0.0843. The summed E-state index contributed by atoms with van der Waals surface area (Å²) in [6.07, 6.45) is -4.87. The third-order valence-electron chi connectivity index (χ3n) is 3.80. The van der Waals surface area contributed by atoms with E-state index in [0.29, 0.717) is 15.3 Å². The maximum absolute atomic E-state index is 13.4. The van der Waals surface area contributed by atoms with Gasteiger partial charge in [-0.05, 0) is 17.7 Å². The average Bonchev–Trinajstić information content (AvgIpc) is 2.83. The van der Waals surface area contributed by atoms with Gasteiger partial charge in [-0.1, -0.05) is 35.3 Å². The fourth-order valence-electron chi connectivity index (χ4n) is 2.66. The number of rotatable bonds is 2. The second-order valence-corrected chi connectivity index (χ2v) is 6.18. The van der Waals surface area contributed by atoms with Crippen LogP contribution in [0.15, 0.2) is 24.3 Å². The number of nitrogens with zero attached hydrogens (tertiary/aromatic N) is 2. The van der Waals surface area contributed by atoms with Crippen LogP contribution in [0.3, 0.4) is 0 Å². The minimum Gasteiger partial charge on any atom is -0.364 e. The molecule has 0 aliphatic carbocycles. The van der Waals surface area contributed by atoms with Gasteiger partial charge in [0.05, 0.1) is 6.04 Å². The number of anilines is 1. The summed E-state index contributed by atoms with van der Waals surface area (Å²) in [4.78, 5) is 11.3. The Morgan fingerprint density at radius 2 is 1.92 bits per heavy atom. The Labute approximate surface area is 144 Å². The maximum atomic E-state index is 13.4. The van der Waals surface area contributed by atoms with Crippen molar-refractivity contribution in [1.82, 2.24) is 9.78 Å². The standard InChI is InChI=1S/C14H11Cl2F3N4O/c15-7-3-1-6(2-4-7)8-5-9(14(17,18)19)23-13(21-8)10(16)11(22-23)12(20)24/h1-4,8-9,21H,5H2,(H2,20,24)/t8-,9+/m1/s1. The number of nitrogens with one attached hydrogen (secondary N) is 1. The van der Waals surface area contributed by atoms with E-state index in [1.807, 2.05) is 0 Å². The van der Waals surface area contributed by atoms with Crippen molar-refractivity contribution < 1.29 is 18.0 Å². The first-order chi connectivity index (χ1) is 11.2. The van der Waals surface area contributed by atoms with Crippen LogP contribution in [0.2, 0.25) is 10.0 Å². The highest BCUT2D eigenvalue weighted by Crippen LogP contribution is 2.46. The van der Waals surface area contributed by atoms with E-state index in [-0.39, 0.29) is 17.3 Å². The van der Waals surface area contributed by atoms with Gasteiger partial charge < -0.3 is 11.1 Å². The Balaban J connectivity index is 2.08. The van der Waals surface area contributed by atoms with Crippen molar-refractivity contribution in [1.29, 1.82) is 0 Å². The first-order valence-corrected chi connectivity index (χ1v) is 7.60. The van der Waals surface area contributed by atoms with Crippen molar-refractivity contribution in [3.63, 3.8) is 0 Å². The topological polar surface area (TPSA) is 72.9 Å². The Morgan fingerprint density at radius 1 is 1.29 bits per heavy atom. The van der Waals surface area contributed by atoms with Crippen LogP contribution in [0.1, 0.15) is 34.6 Å². The summed E-state index contributed by atoms with van der Waals surface area (Å²) in [7, 11) is 0. The van der Waals surface area contributed by atoms with Crippen molar-refractivity contribution in [2.75, 3.05) is 5.32 Å². The van der Waals surface area contributed by atoms with E-state index < -0.39 is 29.9 Å². The molecule has 24 heavy (non-hydrogen) atoms. The first-order valence-electron chi connectivity index (χ1n) is 6.85. The van der Waals surface area contributed by atoms with E-state index >= 15 is 0 Å². The molecular weight excluding hydrogens is 368 g/mol. The van der Waals surface area contributed by atoms with Gasteiger partial charge in [0.15, 0.2) is 11.7 Å². The van der Waals surface area contributed by atoms with Crippen molar-refractivity contribution in [3.05, 3.63) is 45.6 Å². The molecular formula is C14H11Cl2F3N4O. The van der Waals surface area contributed by atoms with Crippen molar-refractivity contribution in [2.24, 2.45) is 5.73 Å². The highest BCUT2D eigenvalue weighted by atomic mass is 35.5. The summed E-state index contributed by atoms with van der Waals surface area (Å²) in [5, 5.41) is 6.79. The molecule has 5 nitrogen and oxygen atoms in total. The molecule has 1 aromatic heterocycles. The van der Waals surface area contributed by atoms with Gasteiger partial charge in [0.2, 0.25) is 0 Å². The molecule has 0 fully saturated rings. The number of alkyl halides is 3. The lowest BCUT2D eigenvalue weighted by atomic mass is 9.97. The number of fused-ring (bicyclic) bond motifs is 1. The fourth-order valence-corrected chi connectivity index (χ4v) is 3.06. The molecule has 0 unspecified atom stereocenters. The molecule has 1 aromatic carbocycles. The predicted octanol–water partition coefficient (Wildman–Crippen LogP) is 3.95. The number of amides is 1. The molecule has 0 radical (unpaired) electrons. The summed E-state index contributed by atoms with van der Waals surface area (Å²) in [6.45, 7) is 0. The second-order valence-electron chi connectivity index (χ2n) is 5.36. The zero-order valence-electron chi connectivity index (χ0n) is 11.9. The third-order valence-corrected chi connectivity index (χ3v) is 4.41. The van der Waals surface area contributed by atoms with Crippen LogP contribution >= 0.6 is 23.2 Å². The Morgan fingerprint density at radius 3 is 2.46 bits per heavy atom. The molecule has 0 bridgehead atoms. The molecule has 1 aliphatic heterocycles. The molecule has 128 valence electrons. The molecule has 10 heteroatoms. The molecule has 2 atom stereocenters. The monoisotopic (exact) mass is 378 g/mol. The molecule has 0 saturated carbocycles. The van der Waals surface area contributed by atoms with Gasteiger partial charge in [-0.25, -0.2) is 4.68 Å². The highest BCUT2D eigenvalue weighted by Gasteiger charge is 2.47. The number of hydrogen-bond donors (Lipinski definition) is 2. The summed E-state index contributed by atoms with van der Waals surface area (Å²) in [5.74, 6) is -1.08. The van der Waals surface area contributed by atoms with E-state index in [2.05, 4.69) is 10.4 Å². The lowest BCUT2D eigenvalue weighted by Crippen LogP contribution is -2.35. The Kier molecular flexibility index (Phi) is 4.13. The number of primary amides is 1. The molecule has 3 rings (SSSR count). The molecule has 1 amide bonds. The summed E-state index contributed by atoms with van der Waals surface area (Å²) in [6, 6.07) is 3.83. The van der Waals surface area contributed by atoms with Crippen molar-refractivity contribution in [2.45, 2.75) is 24.7 Å². The first kappa shape index (κ1) is 16.9. The number of nitrogens with two attached hydrogens (primary N) is 1. The van der Waals surface area contributed by atoms with Gasteiger partial charge in [-0.15, -0.1) is 0 Å². The van der Waals surface area contributed by atoms with Gasteiger partial charge in [-0.3, -0.25) is 4.79 Å². The molecule has 1 aliphatic rings. The summed E-state index contributed by atoms with van der Waals surface area (Å²) < 4.78 is 41.0. The SMILES string of the molecule is NC(=O)c1nn2c(c1Cl)N[C@@H](c1ccc(Cl)cc1)C[C@H]2C(F)(F)F.